The number of aromatic nitrogens is 2. The zero-order chi connectivity index (χ0) is 23.9. The Labute approximate surface area is 205 Å². The van der Waals surface area contributed by atoms with Crippen LogP contribution < -0.4 is 10.1 Å². The van der Waals surface area contributed by atoms with E-state index in [1.807, 2.05) is 42.5 Å². The Bertz CT molecular complexity index is 1270. The quantitative estimate of drug-likeness (QED) is 0.275. The summed E-state index contributed by atoms with van der Waals surface area (Å²) in [6.45, 7) is 6.25. The van der Waals surface area contributed by atoms with Crippen molar-refractivity contribution < 1.29 is 9.53 Å². The molecule has 0 aliphatic carbocycles. The molecule has 6 heteroatoms. The maximum absolute atomic E-state index is 12.5. The summed E-state index contributed by atoms with van der Waals surface area (Å²) >= 11 is 6.15. The van der Waals surface area contributed by atoms with Crippen LogP contribution in [0.4, 0.5) is 0 Å². The number of ether oxygens (including phenoxy) is 1. The van der Waals surface area contributed by atoms with Crippen molar-refractivity contribution in [2.45, 2.75) is 39.2 Å². The van der Waals surface area contributed by atoms with E-state index in [9.17, 15) is 4.79 Å². The summed E-state index contributed by atoms with van der Waals surface area (Å²) in [4.78, 5) is 17.3. The Morgan fingerprint density at radius 3 is 2.59 bits per heavy atom. The monoisotopic (exact) mass is 475 g/mol. The Morgan fingerprint density at radius 2 is 1.76 bits per heavy atom. The Balaban J connectivity index is 1.39. The van der Waals surface area contributed by atoms with Gasteiger partial charge in [-0.25, -0.2) is 4.98 Å². The molecule has 0 unspecified atom stereocenters. The molecule has 0 spiro atoms. The standard InChI is InChI=1S/C28H30ClN3O2/c1-20(2)21-10-4-8-15-26(21)34-19-9-18-32-25-14-7-6-13-24(25)31-27(32)16-17-30-28(33)22-11-3-5-12-23(22)29/h3-8,10-15,20H,9,16-19H2,1-2H3,(H,30,33). The van der Waals surface area contributed by atoms with Crippen molar-refractivity contribution in [3.63, 3.8) is 0 Å². The van der Waals surface area contributed by atoms with E-state index in [0.717, 1.165) is 35.6 Å². The molecule has 0 fully saturated rings. The van der Waals surface area contributed by atoms with Crippen LogP contribution in [0.15, 0.2) is 72.8 Å². The average molecular weight is 476 g/mol. The molecule has 1 amide bonds. The molecule has 176 valence electrons. The number of imidazole rings is 1. The van der Waals surface area contributed by atoms with Gasteiger partial charge < -0.3 is 14.6 Å². The van der Waals surface area contributed by atoms with Crippen LogP contribution in [0.3, 0.4) is 0 Å². The second-order valence-electron chi connectivity index (χ2n) is 8.55. The van der Waals surface area contributed by atoms with Gasteiger partial charge in [0.1, 0.15) is 11.6 Å². The second-order valence-corrected chi connectivity index (χ2v) is 8.96. The molecule has 0 saturated carbocycles. The van der Waals surface area contributed by atoms with Gasteiger partial charge in [-0.05, 0) is 48.2 Å². The van der Waals surface area contributed by atoms with Gasteiger partial charge in [-0.2, -0.15) is 0 Å². The van der Waals surface area contributed by atoms with Gasteiger partial charge in [0.2, 0.25) is 0 Å². The highest BCUT2D eigenvalue weighted by Gasteiger charge is 2.13. The molecule has 0 aliphatic rings. The lowest BCUT2D eigenvalue weighted by molar-refractivity contribution is 0.0954. The summed E-state index contributed by atoms with van der Waals surface area (Å²) < 4.78 is 8.35. The number of carbonyl (C=O) groups excluding carboxylic acids is 1. The summed E-state index contributed by atoms with van der Waals surface area (Å²) in [6, 6.07) is 23.4. The third kappa shape index (κ3) is 5.60. The van der Waals surface area contributed by atoms with Gasteiger partial charge in [-0.3, -0.25) is 4.79 Å². The van der Waals surface area contributed by atoms with E-state index in [1.165, 1.54) is 5.56 Å². The minimum Gasteiger partial charge on any atom is -0.493 e. The van der Waals surface area contributed by atoms with Gasteiger partial charge in [0.25, 0.3) is 5.91 Å². The van der Waals surface area contributed by atoms with E-state index < -0.39 is 0 Å². The van der Waals surface area contributed by atoms with Crippen molar-refractivity contribution in [2.75, 3.05) is 13.2 Å². The lowest BCUT2D eigenvalue weighted by atomic mass is 10.0. The number of rotatable bonds is 10. The minimum atomic E-state index is -0.175. The lowest BCUT2D eigenvalue weighted by Crippen LogP contribution is -2.26. The number of nitrogens with zero attached hydrogens (tertiary/aromatic N) is 2. The van der Waals surface area contributed by atoms with Crippen molar-refractivity contribution >= 4 is 28.5 Å². The summed E-state index contributed by atoms with van der Waals surface area (Å²) in [6.07, 6.45) is 1.48. The number of hydrogen-bond acceptors (Lipinski definition) is 3. The second kappa shape index (κ2) is 11.2. The fourth-order valence-electron chi connectivity index (χ4n) is 4.09. The molecule has 4 aromatic rings. The molecule has 0 bridgehead atoms. The van der Waals surface area contributed by atoms with Gasteiger partial charge in [0.05, 0.1) is 28.2 Å². The highest BCUT2D eigenvalue weighted by atomic mass is 35.5. The molecule has 1 aromatic heterocycles. The van der Waals surface area contributed by atoms with Crippen molar-refractivity contribution in [1.82, 2.24) is 14.9 Å². The highest BCUT2D eigenvalue weighted by molar-refractivity contribution is 6.33. The number of carbonyl (C=O) groups is 1. The van der Waals surface area contributed by atoms with Gasteiger partial charge in [0, 0.05) is 19.5 Å². The zero-order valence-electron chi connectivity index (χ0n) is 19.6. The zero-order valence-corrected chi connectivity index (χ0v) is 20.4. The molecular weight excluding hydrogens is 446 g/mol. The Hall–Kier alpha value is -3.31. The van der Waals surface area contributed by atoms with E-state index >= 15 is 0 Å². The van der Waals surface area contributed by atoms with Crippen molar-refractivity contribution in [1.29, 1.82) is 0 Å². The minimum absolute atomic E-state index is 0.175. The van der Waals surface area contributed by atoms with E-state index in [0.29, 0.717) is 36.1 Å². The summed E-state index contributed by atoms with van der Waals surface area (Å²) in [5.74, 6) is 2.14. The molecule has 1 heterocycles. The first-order chi connectivity index (χ1) is 16.5. The number of amides is 1. The largest absolute Gasteiger partial charge is 0.493 e. The van der Waals surface area contributed by atoms with Crippen LogP contribution in [0.1, 0.15) is 47.9 Å². The van der Waals surface area contributed by atoms with Crippen LogP contribution in [-0.4, -0.2) is 28.6 Å². The first-order valence-electron chi connectivity index (χ1n) is 11.7. The van der Waals surface area contributed by atoms with E-state index in [4.69, 9.17) is 21.3 Å². The lowest BCUT2D eigenvalue weighted by Gasteiger charge is -2.15. The molecule has 5 nitrogen and oxygen atoms in total. The summed E-state index contributed by atoms with van der Waals surface area (Å²) in [5, 5.41) is 3.41. The van der Waals surface area contributed by atoms with Crippen LogP contribution in [0.25, 0.3) is 11.0 Å². The van der Waals surface area contributed by atoms with Crippen LogP contribution in [0.2, 0.25) is 5.02 Å². The number of fused-ring (bicyclic) bond motifs is 1. The first kappa shape index (κ1) is 23.8. The third-order valence-electron chi connectivity index (χ3n) is 5.81. The van der Waals surface area contributed by atoms with Crippen LogP contribution in [-0.2, 0) is 13.0 Å². The molecule has 3 aromatic carbocycles. The van der Waals surface area contributed by atoms with E-state index in [-0.39, 0.29) is 5.91 Å². The van der Waals surface area contributed by atoms with Crippen molar-refractivity contribution in [2.24, 2.45) is 0 Å². The van der Waals surface area contributed by atoms with Crippen molar-refractivity contribution in [3.8, 4) is 5.75 Å². The molecule has 0 aliphatic heterocycles. The maximum Gasteiger partial charge on any atom is 0.252 e. The van der Waals surface area contributed by atoms with E-state index in [2.05, 4.69) is 41.9 Å². The topological polar surface area (TPSA) is 56.1 Å². The van der Waals surface area contributed by atoms with Gasteiger partial charge in [-0.15, -0.1) is 0 Å². The molecule has 0 radical (unpaired) electrons. The van der Waals surface area contributed by atoms with Crippen LogP contribution >= 0.6 is 11.6 Å². The molecule has 1 N–H and O–H groups in total. The fraction of sp³-hybridized carbons (Fsp3) is 0.286. The maximum atomic E-state index is 12.5. The number of hydrogen-bond donors (Lipinski definition) is 1. The molecule has 0 saturated heterocycles. The highest BCUT2D eigenvalue weighted by Crippen LogP contribution is 2.26. The predicted molar refractivity (Wildman–Crippen MR) is 138 cm³/mol. The summed E-state index contributed by atoms with van der Waals surface area (Å²) in [7, 11) is 0. The van der Waals surface area contributed by atoms with Gasteiger partial charge in [0.15, 0.2) is 0 Å². The fourth-order valence-corrected chi connectivity index (χ4v) is 4.31. The number of aryl methyl sites for hydroxylation is 1. The number of benzene rings is 3. The Morgan fingerprint density at radius 1 is 1.03 bits per heavy atom. The molecule has 0 atom stereocenters. The van der Waals surface area contributed by atoms with Gasteiger partial charge >= 0.3 is 0 Å². The van der Waals surface area contributed by atoms with Crippen LogP contribution in [0.5, 0.6) is 5.75 Å². The molecule has 34 heavy (non-hydrogen) atoms. The first-order valence-corrected chi connectivity index (χ1v) is 12.1. The number of para-hydroxylation sites is 3. The Kier molecular flexibility index (Phi) is 7.86. The average Bonchev–Trinajstić information content (AvgIpc) is 3.19. The normalized spacial score (nSPS) is 11.2. The molecular formula is C28H30ClN3O2. The smallest absolute Gasteiger partial charge is 0.252 e. The molecule has 4 rings (SSSR count). The van der Waals surface area contributed by atoms with Crippen LogP contribution in [0, 0.1) is 0 Å². The number of halogens is 1. The summed E-state index contributed by atoms with van der Waals surface area (Å²) in [5.41, 5.74) is 3.76. The number of nitrogens with one attached hydrogen (secondary N) is 1. The van der Waals surface area contributed by atoms with E-state index in [1.54, 1.807) is 12.1 Å². The van der Waals surface area contributed by atoms with Gasteiger partial charge in [-0.1, -0.05) is 67.9 Å². The third-order valence-corrected chi connectivity index (χ3v) is 6.14. The predicted octanol–water partition coefficient (Wildman–Crippen LogP) is 6.25. The SMILES string of the molecule is CC(C)c1ccccc1OCCCn1c(CCNC(=O)c2ccccc2Cl)nc2ccccc21. The van der Waals surface area contributed by atoms with Crippen molar-refractivity contribution in [3.05, 3.63) is 94.8 Å².